The summed E-state index contributed by atoms with van der Waals surface area (Å²) in [6.07, 6.45) is 4.59. The minimum absolute atomic E-state index is 0.335. The van der Waals surface area contributed by atoms with Gasteiger partial charge in [0.1, 0.15) is 0 Å². The molecule has 0 spiro atoms. The molecule has 0 atom stereocenters. The molecule has 1 aromatic rings. The zero-order valence-electron chi connectivity index (χ0n) is 9.75. The molecule has 4 heteroatoms. The second-order valence-corrected chi connectivity index (χ2v) is 4.45. The number of nitrogens with one attached hydrogen (secondary N) is 1. The van der Waals surface area contributed by atoms with Crippen molar-refractivity contribution < 1.29 is 4.74 Å². The molecule has 0 bridgehead atoms. The summed E-state index contributed by atoms with van der Waals surface area (Å²) in [5, 5.41) is 0. The first-order valence-electron chi connectivity index (χ1n) is 5.47. The molecular weight excluding hydrogens is 208 g/mol. The van der Waals surface area contributed by atoms with Crippen LogP contribution in [0.5, 0.6) is 0 Å². The van der Waals surface area contributed by atoms with Crippen molar-refractivity contribution in [3.05, 3.63) is 16.7 Å². The van der Waals surface area contributed by atoms with Crippen LogP contribution in [0.25, 0.3) is 0 Å². The number of hydrogen-bond acceptors (Lipinski definition) is 2. The molecule has 0 saturated heterocycles. The minimum atomic E-state index is 0.335. The molecule has 3 nitrogen and oxygen atoms in total. The van der Waals surface area contributed by atoms with Crippen LogP contribution >= 0.6 is 12.2 Å². The fourth-order valence-corrected chi connectivity index (χ4v) is 1.74. The van der Waals surface area contributed by atoms with Gasteiger partial charge in [0.15, 0.2) is 4.77 Å². The number of aryl methyl sites for hydroxylation is 2. The number of nitrogens with zero attached hydrogens (tertiary/aromatic N) is 1. The summed E-state index contributed by atoms with van der Waals surface area (Å²) in [4.78, 5) is 3.11. The lowest BCUT2D eigenvalue weighted by Gasteiger charge is -2.07. The van der Waals surface area contributed by atoms with E-state index < -0.39 is 0 Å². The number of H-pyrrole nitrogens is 1. The predicted octanol–water partition coefficient (Wildman–Crippen LogP) is 3.06. The van der Waals surface area contributed by atoms with Gasteiger partial charge in [-0.3, -0.25) is 0 Å². The van der Waals surface area contributed by atoms with E-state index in [0.717, 1.165) is 36.5 Å². The Bertz CT molecular complexity index is 341. The van der Waals surface area contributed by atoms with E-state index >= 15 is 0 Å². The van der Waals surface area contributed by atoms with Crippen molar-refractivity contribution in [3.8, 4) is 0 Å². The Morgan fingerprint density at radius 2 is 2.20 bits per heavy atom. The number of aromatic amines is 1. The highest BCUT2D eigenvalue weighted by atomic mass is 32.1. The monoisotopic (exact) mass is 228 g/mol. The highest BCUT2D eigenvalue weighted by Crippen LogP contribution is 2.01. The molecule has 1 N–H and O–H groups in total. The van der Waals surface area contributed by atoms with Gasteiger partial charge in [-0.2, -0.15) is 0 Å². The number of ether oxygens (including phenoxy) is 1. The smallest absolute Gasteiger partial charge is 0.177 e. The average molecular weight is 228 g/mol. The van der Waals surface area contributed by atoms with Gasteiger partial charge in [-0.1, -0.05) is 0 Å². The van der Waals surface area contributed by atoms with Gasteiger partial charge in [0.25, 0.3) is 0 Å². The summed E-state index contributed by atoms with van der Waals surface area (Å²) in [5.41, 5.74) is 1.12. The van der Waals surface area contributed by atoms with Crippen molar-refractivity contribution in [3.63, 3.8) is 0 Å². The Kier molecular flexibility index (Phi) is 5.05. The highest BCUT2D eigenvalue weighted by Gasteiger charge is 1.97. The number of aromatic nitrogens is 2. The first kappa shape index (κ1) is 12.5. The van der Waals surface area contributed by atoms with Gasteiger partial charge in [0, 0.05) is 25.0 Å². The Morgan fingerprint density at radius 3 is 2.73 bits per heavy atom. The SMILES string of the molecule is Cc1cn(CCCCOC(C)C)c(=S)[nH]1. The van der Waals surface area contributed by atoms with E-state index in [2.05, 4.69) is 29.6 Å². The Balaban J connectivity index is 2.21. The molecule has 0 saturated carbocycles. The van der Waals surface area contributed by atoms with E-state index in [-0.39, 0.29) is 0 Å². The fraction of sp³-hybridized carbons (Fsp3) is 0.727. The summed E-state index contributed by atoms with van der Waals surface area (Å²) < 4.78 is 8.37. The molecule has 0 radical (unpaired) electrons. The average Bonchev–Trinajstić information content (AvgIpc) is 2.44. The number of imidazole rings is 1. The number of rotatable bonds is 6. The first-order valence-corrected chi connectivity index (χ1v) is 5.88. The van der Waals surface area contributed by atoms with Crippen LogP contribution in [0.1, 0.15) is 32.4 Å². The minimum Gasteiger partial charge on any atom is -0.379 e. The van der Waals surface area contributed by atoms with Gasteiger partial charge in [0.2, 0.25) is 0 Å². The van der Waals surface area contributed by atoms with Crippen molar-refractivity contribution in [1.82, 2.24) is 9.55 Å². The zero-order chi connectivity index (χ0) is 11.3. The van der Waals surface area contributed by atoms with Crippen LogP contribution in [0.2, 0.25) is 0 Å². The van der Waals surface area contributed by atoms with Crippen molar-refractivity contribution in [2.24, 2.45) is 0 Å². The lowest BCUT2D eigenvalue weighted by Crippen LogP contribution is -2.05. The molecule has 0 amide bonds. The third kappa shape index (κ3) is 4.62. The molecule has 15 heavy (non-hydrogen) atoms. The number of unbranched alkanes of at least 4 members (excludes halogenated alkanes) is 1. The van der Waals surface area contributed by atoms with Crippen LogP contribution in [-0.4, -0.2) is 22.3 Å². The summed E-state index contributed by atoms with van der Waals surface area (Å²) >= 11 is 5.17. The maximum Gasteiger partial charge on any atom is 0.177 e. The summed E-state index contributed by atoms with van der Waals surface area (Å²) in [5.74, 6) is 0. The molecule has 0 aliphatic carbocycles. The molecule has 0 unspecified atom stereocenters. The molecule has 1 rings (SSSR count). The Hall–Kier alpha value is -0.610. The van der Waals surface area contributed by atoms with E-state index in [9.17, 15) is 0 Å². The van der Waals surface area contributed by atoms with Gasteiger partial charge >= 0.3 is 0 Å². The summed E-state index contributed by atoms with van der Waals surface area (Å²) in [6, 6.07) is 0. The van der Waals surface area contributed by atoms with Crippen molar-refractivity contribution in [2.45, 2.75) is 46.3 Å². The maximum atomic E-state index is 5.47. The first-order chi connectivity index (χ1) is 7.09. The quantitative estimate of drug-likeness (QED) is 0.599. The normalized spacial score (nSPS) is 11.2. The summed E-state index contributed by atoms with van der Waals surface area (Å²) in [7, 11) is 0. The van der Waals surface area contributed by atoms with Crippen LogP contribution in [0.3, 0.4) is 0 Å². The van der Waals surface area contributed by atoms with Crippen molar-refractivity contribution in [1.29, 1.82) is 0 Å². The van der Waals surface area contributed by atoms with Gasteiger partial charge in [-0.05, 0) is 45.8 Å². The van der Waals surface area contributed by atoms with E-state index in [1.807, 2.05) is 6.92 Å². The zero-order valence-corrected chi connectivity index (χ0v) is 10.6. The van der Waals surface area contributed by atoms with E-state index in [1.54, 1.807) is 0 Å². The Morgan fingerprint density at radius 1 is 1.47 bits per heavy atom. The molecule has 0 aromatic carbocycles. The van der Waals surface area contributed by atoms with Crippen molar-refractivity contribution in [2.75, 3.05) is 6.61 Å². The van der Waals surface area contributed by atoms with Gasteiger partial charge in [-0.15, -0.1) is 0 Å². The highest BCUT2D eigenvalue weighted by molar-refractivity contribution is 7.71. The lowest BCUT2D eigenvalue weighted by molar-refractivity contribution is 0.0754. The van der Waals surface area contributed by atoms with Gasteiger partial charge in [-0.25, -0.2) is 0 Å². The van der Waals surface area contributed by atoms with E-state index in [1.165, 1.54) is 0 Å². The molecular formula is C11H20N2OS. The number of hydrogen-bond donors (Lipinski definition) is 1. The van der Waals surface area contributed by atoms with Crippen LogP contribution < -0.4 is 0 Å². The molecule has 0 aliphatic heterocycles. The van der Waals surface area contributed by atoms with E-state index in [0.29, 0.717) is 6.10 Å². The second-order valence-electron chi connectivity index (χ2n) is 4.06. The van der Waals surface area contributed by atoms with Gasteiger partial charge < -0.3 is 14.3 Å². The second kappa shape index (κ2) is 6.08. The maximum absolute atomic E-state index is 5.47. The van der Waals surface area contributed by atoms with Crippen LogP contribution in [-0.2, 0) is 11.3 Å². The standard InChI is InChI=1S/C11H20N2OS/c1-9(2)14-7-5-4-6-13-8-10(3)12-11(13)15/h8-9H,4-7H2,1-3H3,(H,12,15). The van der Waals surface area contributed by atoms with E-state index in [4.69, 9.17) is 17.0 Å². The molecule has 0 aliphatic rings. The largest absolute Gasteiger partial charge is 0.379 e. The topological polar surface area (TPSA) is 29.9 Å². The summed E-state index contributed by atoms with van der Waals surface area (Å²) in [6.45, 7) is 7.96. The van der Waals surface area contributed by atoms with Crippen LogP contribution in [0, 0.1) is 11.7 Å². The van der Waals surface area contributed by atoms with Gasteiger partial charge in [0.05, 0.1) is 6.10 Å². The molecule has 0 fully saturated rings. The lowest BCUT2D eigenvalue weighted by atomic mass is 10.3. The Labute approximate surface area is 96.5 Å². The third-order valence-electron chi connectivity index (χ3n) is 2.16. The van der Waals surface area contributed by atoms with Crippen LogP contribution in [0.4, 0.5) is 0 Å². The fourth-order valence-electron chi connectivity index (χ4n) is 1.43. The van der Waals surface area contributed by atoms with Crippen molar-refractivity contribution >= 4 is 12.2 Å². The molecule has 86 valence electrons. The predicted molar refractivity (Wildman–Crippen MR) is 64.7 cm³/mol. The third-order valence-corrected chi connectivity index (χ3v) is 2.50. The molecule has 1 heterocycles. The van der Waals surface area contributed by atoms with Crippen LogP contribution in [0.15, 0.2) is 6.20 Å². The molecule has 1 aromatic heterocycles.